The van der Waals surface area contributed by atoms with Crippen molar-refractivity contribution < 1.29 is 14.3 Å². The highest BCUT2D eigenvalue weighted by Gasteiger charge is 2.43. The third kappa shape index (κ3) is 3.49. The van der Waals surface area contributed by atoms with Crippen molar-refractivity contribution >= 4 is 21.7 Å². The van der Waals surface area contributed by atoms with Crippen LogP contribution < -0.4 is 4.74 Å². The molecule has 1 aliphatic carbocycles. The summed E-state index contributed by atoms with van der Waals surface area (Å²) in [5.74, 6) is 0.925. The summed E-state index contributed by atoms with van der Waals surface area (Å²) >= 11 is 3.40. The van der Waals surface area contributed by atoms with Crippen molar-refractivity contribution in [2.75, 3.05) is 7.11 Å². The molecule has 0 bridgehead atoms. The van der Waals surface area contributed by atoms with Gasteiger partial charge in [0.15, 0.2) is 5.78 Å². The number of carbonyl (C=O) groups is 1. The molecule has 4 heteroatoms. The zero-order valence-corrected chi connectivity index (χ0v) is 14.5. The first-order valence-electron chi connectivity index (χ1n) is 7.66. The van der Waals surface area contributed by atoms with Gasteiger partial charge in [-0.15, -0.1) is 0 Å². The maximum atomic E-state index is 12.3. The molecule has 3 nitrogen and oxygen atoms in total. The van der Waals surface area contributed by atoms with Crippen LogP contribution in [0.4, 0.5) is 0 Å². The van der Waals surface area contributed by atoms with Gasteiger partial charge < -0.3 is 9.47 Å². The smallest absolute Gasteiger partial charge is 0.170 e. The van der Waals surface area contributed by atoms with Gasteiger partial charge in [0, 0.05) is 11.6 Å². The van der Waals surface area contributed by atoms with Gasteiger partial charge in [-0.25, -0.2) is 0 Å². The molecular weight excluding hydrogens is 332 g/mol. The fourth-order valence-electron chi connectivity index (χ4n) is 3.10. The fourth-order valence-corrected chi connectivity index (χ4v) is 3.46. The summed E-state index contributed by atoms with van der Waals surface area (Å²) in [6.07, 6.45) is 4.54. The highest BCUT2D eigenvalue weighted by atomic mass is 79.9. The Balaban J connectivity index is 0.000000774. The third-order valence-corrected chi connectivity index (χ3v) is 4.72. The molecule has 0 saturated heterocycles. The van der Waals surface area contributed by atoms with Gasteiger partial charge in [0.1, 0.15) is 11.4 Å². The van der Waals surface area contributed by atoms with Gasteiger partial charge in [0.05, 0.1) is 18.1 Å². The average molecular weight is 355 g/mol. The van der Waals surface area contributed by atoms with E-state index in [1.165, 1.54) is 0 Å². The molecule has 1 fully saturated rings. The lowest BCUT2D eigenvalue weighted by Crippen LogP contribution is -2.46. The lowest BCUT2D eigenvalue weighted by atomic mass is 9.77. The Morgan fingerprint density at radius 3 is 2.57 bits per heavy atom. The maximum Gasteiger partial charge on any atom is 0.170 e. The molecular formula is C17H23BrO3. The number of fused-ring (bicyclic) bond motifs is 1. The minimum Gasteiger partial charge on any atom is -0.486 e. The van der Waals surface area contributed by atoms with Crippen molar-refractivity contribution in [3.8, 4) is 5.75 Å². The largest absolute Gasteiger partial charge is 0.486 e. The van der Waals surface area contributed by atoms with Crippen LogP contribution in [0.15, 0.2) is 22.7 Å². The highest BCUT2D eigenvalue weighted by molar-refractivity contribution is 9.10. The van der Waals surface area contributed by atoms with Crippen LogP contribution in [-0.4, -0.2) is 24.6 Å². The van der Waals surface area contributed by atoms with Crippen LogP contribution in [-0.2, 0) is 4.74 Å². The van der Waals surface area contributed by atoms with E-state index in [9.17, 15) is 4.79 Å². The van der Waals surface area contributed by atoms with Gasteiger partial charge in [-0.3, -0.25) is 4.79 Å². The van der Waals surface area contributed by atoms with Gasteiger partial charge >= 0.3 is 0 Å². The Morgan fingerprint density at radius 2 is 1.95 bits per heavy atom. The van der Waals surface area contributed by atoms with Gasteiger partial charge in [-0.05, 0) is 43.9 Å². The molecule has 0 atom stereocenters. The summed E-state index contributed by atoms with van der Waals surface area (Å²) < 4.78 is 12.5. The van der Waals surface area contributed by atoms with Crippen molar-refractivity contribution in [3.05, 3.63) is 28.2 Å². The van der Waals surface area contributed by atoms with Gasteiger partial charge in [0.25, 0.3) is 0 Å². The number of ketones is 1. The van der Waals surface area contributed by atoms with Crippen LogP contribution in [0.1, 0.15) is 56.3 Å². The number of halogens is 1. The quantitative estimate of drug-likeness (QED) is 0.728. The summed E-state index contributed by atoms with van der Waals surface area (Å²) in [7, 11) is 1.75. The first-order valence-corrected chi connectivity index (χ1v) is 8.46. The Labute approximate surface area is 135 Å². The zero-order chi connectivity index (χ0) is 15.5. The molecule has 3 rings (SSSR count). The number of benzene rings is 1. The normalized spacial score (nSPS) is 27.4. The number of hydrogen-bond donors (Lipinski definition) is 0. The van der Waals surface area contributed by atoms with Crippen molar-refractivity contribution in [3.63, 3.8) is 0 Å². The molecule has 0 N–H and O–H groups in total. The predicted molar refractivity (Wildman–Crippen MR) is 87.1 cm³/mol. The standard InChI is InChI=1S/C15H17BrO3.C2H6/c1-18-11-4-6-15(7-5-11)9-13(17)12-8-10(16)2-3-14(12)19-15;1-2/h2-3,8,11H,4-7,9H2,1H3;1-2H3. The zero-order valence-electron chi connectivity index (χ0n) is 12.9. The van der Waals surface area contributed by atoms with E-state index in [4.69, 9.17) is 9.47 Å². The molecule has 1 spiro atoms. The Hall–Kier alpha value is -0.870. The molecule has 0 radical (unpaired) electrons. The fraction of sp³-hybridized carbons (Fsp3) is 0.588. The second kappa shape index (κ2) is 6.93. The summed E-state index contributed by atoms with van der Waals surface area (Å²) in [4.78, 5) is 12.3. The lowest BCUT2D eigenvalue weighted by molar-refractivity contribution is -0.0320. The van der Waals surface area contributed by atoms with Crippen LogP contribution in [0.3, 0.4) is 0 Å². The Bertz CT molecular complexity index is 505. The van der Waals surface area contributed by atoms with Crippen molar-refractivity contribution in [1.82, 2.24) is 0 Å². The van der Waals surface area contributed by atoms with E-state index in [0.29, 0.717) is 18.1 Å². The molecule has 116 valence electrons. The van der Waals surface area contributed by atoms with Crippen LogP contribution in [0, 0.1) is 0 Å². The average Bonchev–Trinajstić information content (AvgIpc) is 2.51. The number of methoxy groups -OCH3 is 1. The van der Waals surface area contributed by atoms with Crippen molar-refractivity contribution in [1.29, 1.82) is 0 Å². The monoisotopic (exact) mass is 354 g/mol. The first kappa shape index (κ1) is 16.5. The molecule has 0 amide bonds. The number of hydrogen-bond acceptors (Lipinski definition) is 3. The van der Waals surface area contributed by atoms with E-state index in [1.807, 2.05) is 32.0 Å². The van der Waals surface area contributed by atoms with Gasteiger partial charge in [0.2, 0.25) is 0 Å². The van der Waals surface area contributed by atoms with Crippen molar-refractivity contribution in [2.24, 2.45) is 0 Å². The van der Waals surface area contributed by atoms with E-state index in [-0.39, 0.29) is 11.4 Å². The number of rotatable bonds is 1. The van der Waals surface area contributed by atoms with Crippen molar-refractivity contribution in [2.45, 2.75) is 57.7 Å². The van der Waals surface area contributed by atoms with E-state index in [0.717, 1.165) is 35.9 Å². The highest BCUT2D eigenvalue weighted by Crippen LogP contribution is 2.42. The molecule has 2 aliphatic rings. The molecule has 0 aromatic heterocycles. The number of Topliss-reactive ketones (excluding diaryl/α,β-unsaturated/α-hetero) is 1. The summed E-state index contributed by atoms with van der Waals surface area (Å²) in [6, 6.07) is 5.66. The van der Waals surface area contributed by atoms with Crippen LogP contribution >= 0.6 is 15.9 Å². The van der Waals surface area contributed by atoms with Gasteiger partial charge in [-0.1, -0.05) is 29.8 Å². The van der Waals surface area contributed by atoms with E-state index in [2.05, 4.69) is 15.9 Å². The summed E-state index contributed by atoms with van der Waals surface area (Å²) in [5, 5.41) is 0. The van der Waals surface area contributed by atoms with Crippen LogP contribution in [0.2, 0.25) is 0 Å². The van der Waals surface area contributed by atoms with E-state index in [1.54, 1.807) is 7.11 Å². The minimum atomic E-state index is -0.299. The summed E-state index contributed by atoms with van der Waals surface area (Å²) in [5.41, 5.74) is 0.404. The molecule has 1 saturated carbocycles. The third-order valence-electron chi connectivity index (χ3n) is 4.23. The number of ether oxygens (including phenoxy) is 2. The Kier molecular flexibility index (Phi) is 5.44. The molecule has 0 unspecified atom stereocenters. The van der Waals surface area contributed by atoms with E-state index < -0.39 is 0 Å². The SMILES string of the molecule is CC.COC1CCC2(CC1)CC(=O)c1cc(Br)ccc1O2. The second-order valence-corrected chi connectivity index (χ2v) is 6.38. The molecule has 1 aromatic rings. The lowest BCUT2D eigenvalue weighted by Gasteiger charge is -2.42. The summed E-state index contributed by atoms with van der Waals surface area (Å²) in [6.45, 7) is 4.00. The molecule has 1 aromatic carbocycles. The first-order chi connectivity index (χ1) is 10.1. The molecule has 21 heavy (non-hydrogen) atoms. The topological polar surface area (TPSA) is 35.5 Å². The predicted octanol–water partition coefficient (Wildman–Crippen LogP) is 4.77. The van der Waals surface area contributed by atoms with Crippen LogP contribution in [0.5, 0.6) is 5.75 Å². The number of carbonyl (C=O) groups excluding carboxylic acids is 1. The van der Waals surface area contributed by atoms with E-state index >= 15 is 0 Å². The molecule has 1 aliphatic heterocycles. The molecule has 1 heterocycles. The maximum absolute atomic E-state index is 12.3. The Morgan fingerprint density at radius 1 is 1.29 bits per heavy atom. The van der Waals surface area contributed by atoms with Gasteiger partial charge in [-0.2, -0.15) is 0 Å². The minimum absolute atomic E-state index is 0.193. The van der Waals surface area contributed by atoms with Crippen LogP contribution in [0.25, 0.3) is 0 Å². The second-order valence-electron chi connectivity index (χ2n) is 5.46.